The lowest BCUT2D eigenvalue weighted by atomic mass is 9.98. The number of benzene rings is 1. The van der Waals surface area contributed by atoms with E-state index in [0.717, 1.165) is 29.7 Å². The van der Waals surface area contributed by atoms with Gasteiger partial charge in [0.2, 0.25) is 0 Å². The molecule has 1 aromatic carbocycles. The molecule has 0 unspecified atom stereocenters. The molecule has 3 aromatic rings. The Hall–Kier alpha value is -2.46. The summed E-state index contributed by atoms with van der Waals surface area (Å²) in [7, 11) is 0. The number of pyridine rings is 2. The summed E-state index contributed by atoms with van der Waals surface area (Å²) in [5, 5.41) is 11.8. The van der Waals surface area contributed by atoms with Crippen molar-refractivity contribution in [3.05, 3.63) is 66.1 Å². The van der Waals surface area contributed by atoms with Crippen LogP contribution >= 0.6 is 0 Å². The molecule has 0 spiro atoms. The van der Waals surface area contributed by atoms with E-state index in [2.05, 4.69) is 16.0 Å². The van der Waals surface area contributed by atoms with Crippen LogP contribution in [0.25, 0.3) is 10.9 Å². The fraction of sp³-hybridized carbons (Fsp3) is 0.263. The number of likely N-dealkylation sites (tertiary alicyclic amines) is 1. The zero-order valence-electron chi connectivity index (χ0n) is 12.9. The molecule has 2 aromatic heterocycles. The predicted molar refractivity (Wildman–Crippen MR) is 89.4 cm³/mol. The first kappa shape index (κ1) is 14.2. The summed E-state index contributed by atoms with van der Waals surface area (Å²) in [5.41, 5.74) is 2.60. The van der Waals surface area contributed by atoms with Gasteiger partial charge in [-0.2, -0.15) is 0 Å². The Morgan fingerprint density at radius 2 is 1.74 bits per heavy atom. The molecule has 4 nitrogen and oxygen atoms in total. The van der Waals surface area contributed by atoms with Crippen LogP contribution in [0.5, 0.6) is 5.75 Å². The van der Waals surface area contributed by atoms with E-state index in [1.54, 1.807) is 6.20 Å². The first-order valence-electron chi connectivity index (χ1n) is 8.17. The SMILES string of the molecule is Oc1c([C@H](c2ccccn2)[NH+]2CCCC2)ccc2cccnc12. The third kappa shape index (κ3) is 2.55. The van der Waals surface area contributed by atoms with Crippen LogP contribution in [0.2, 0.25) is 0 Å². The van der Waals surface area contributed by atoms with Crippen molar-refractivity contribution in [2.24, 2.45) is 0 Å². The van der Waals surface area contributed by atoms with Gasteiger partial charge in [-0.05, 0) is 24.3 Å². The van der Waals surface area contributed by atoms with Gasteiger partial charge in [0.15, 0.2) is 11.8 Å². The van der Waals surface area contributed by atoms with Crippen LogP contribution < -0.4 is 4.90 Å². The maximum Gasteiger partial charge on any atom is 0.160 e. The third-order valence-electron chi connectivity index (χ3n) is 4.73. The highest BCUT2D eigenvalue weighted by molar-refractivity contribution is 5.85. The average Bonchev–Trinajstić information content (AvgIpc) is 3.13. The Balaban J connectivity index is 1.88. The first-order valence-corrected chi connectivity index (χ1v) is 8.17. The van der Waals surface area contributed by atoms with E-state index >= 15 is 0 Å². The molecule has 1 saturated heterocycles. The number of phenols is 1. The highest BCUT2D eigenvalue weighted by Crippen LogP contribution is 2.32. The van der Waals surface area contributed by atoms with Crippen LogP contribution in [0.15, 0.2) is 54.9 Å². The molecule has 0 saturated carbocycles. The molecular weight excluding hydrogens is 286 g/mol. The van der Waals surface area contributed by atoms with E-state index in [4.69, 9.17) is 0 Å². The number of nitrogens with zero attached hydrogens (tertiary/aromatic N) is 2. The number of rotatable bonds is 3. The summed E-state index contributed by atoms with van der Waals surface area (Å²) in [4.78, 5) is 10.4. The second-order valence-electron chi connectivity index (χ2n) is 6.13. The largest absolute Gasteiger partial charge is 0.505 e. The number of nitrogens with one attached hydrogen (secondary N) is 1. The van der Waals surface area contributed by atoms with Gasteiger partial charge < -0.3 is 10.0 Å². The average molecular weight is 306 g/mol. The van der Waals surface area contributed by atoms with Crippen molar-refractivity contribution in [1.29, 1.82) is 0 Å². The maximum atomic E-state index is 10.8. The van der Waals surface area contributed by atoms with Crippen molar-refractivity contribution in [2.75, 3.05) is 13.1 Å². The zero-order chi connectivity index (χ0) is 15.6. The lowest BCUT2D eigenvalue weighted by molar-refractivity contribution is -0.914. The maximum absolute atomic E-state index is 10.8. The molecule has 1 fully saturated rings. The molecular formula is C19H20N3O+. The van der Waals surface area contributed by atoms with Gasteiger partial charge in [-0.15, -0.1) is 0 Å². The van der Waals surface area contributed by atoms with Crippen LogP contribution in [0.3, 0.4) is 0 Å². The number of aromatic hydroxyl groups is 1. The smallest absolute Gasteiger partial charge is 0.160 e. The Morgan fingerprint density at radius 1 is 0.913 bits per heavy atom. The zero-order valence-corrected chi connectivity index (χ0v) is 12.9. The number of fused-ring (bicyclic) bond motifs is 1. The molecule has 1 aliphatic heterocycles. The summed E-state index contributed by atoms with van der Waals surface area (Å²) in [6.07, 6.45) is 6.01. The normalized spacial score (nSPS) is 16.7. The number of hydrogen-bond donors (Lipinski definition) is 2. The molecule has 4 heteroatoms. The van der Waals surface area contributed by atoms with Gasteiger partial charge in [0.25, 0.3) is 0 Å². The standard InChI is InChI=1S/C19H19N3O/c23-19-15(9-8-14-6-5-11-21-17(14)19)18(22-12-3-4-13-22)16-7-1-2-10-20-16/h1-2,5-11,18,23H,3-4,12-13H2/p+1/t18-/m1/s1. The van der Waals surface area contributed by atoms with Gasteiger partial charge in [0, 0.05) is 30.6 Å². The van der Waals surface area contributed by atoms with Crippen molar-refractivity contribution in [2.45, 2.75) is 18.9 Å². The molecule has 3 heterocycles. The second-order valence-corrected chi connectivity index (χ2v) is 6.13. The van der Waals surface area contributed by atoms with Crippen LogP contribution in [0.4, 0.5) is 0 Å². The number of phenolic OH excluding ortho intramolecular Hbond substituents is 1. The van der Waals surface area contributed by atoms with Gasteiger partial charge in [-0.25, -0.2) is 0 Å². The van der Waals surface area contributed by atoms with Gasteiger partial charge in [0.1, 0.15) is 11.2 Å². The van der Waals surface area contributed by atoms with Crippen LogP contribution in [0.1, 0.15) is 30.1 Å². The lowest BCUT2D eigenvalue weighted by Crippen LogP contribution is -3.10. The van der Waals surface area contributed by atoms with Crippen LogP contribution in [0, 0.1) is 0 Å². The van der Waals surface area contributed by atoms with Crippen LogP contribution in [-0.2, 0) is 0 Å². The Labute approximate surface area is 135 Å². The molecule has 4 rings (SSSR count). The molecule has 1 aliphatic rings. The molecule has 0 aliphatic carbocycles. The Kier molecular flexibility index (Phi) is 3.67. The molecule has 1 atom stereocenters. The third-order valence-corrected chi connectivity index (χ3v) is 4.73. The summed E-state index contributed by atoms with van der Waals surface area (Å²) < 4.78 is 0. The Morgan fingerprint density at radius 3 is 2.52 bits per heavy atom. The lowest BCUT2D eigenvalue weighted by Gasteiger charge is -2.25. The van der Waals surface area contributed by atoms with Crippen LogP contribution in [-0.4, -0.2) is 28.2 Å². The van der Waals surface area contributed by atoms with E-state index in [-0.39, 0.29) is 11.8 Å². The molecule has 0 radical (unpaired) electrons. The topological polar surface area (TPSA) is 50.5 Å². The molecule has 116 valence electrons. The van der Waals surface area contributed by atoms with E-state index in [9.17, 15) is 5.11 Å². The minimum Gasteiger partial charge on any atom is -0.505 e. The van der Waals surface area contributed by atoms with Crippen molar-refractivity contribution in [3.8, 4) is 5.75 Å². The summed E-state index contributed by atoms with van der Waals surface area (Å²) in [5.74, 6) is 0.290. The second kappa shape index (κ2) is 5.97. The highest BCUT2D eigenvalue weighted by atomic mass is 16.3. The monoisotopic (exact) mass is 306 g/mol. The molecule has 23 heavy (non-hydrogen) atoms. The molecule has 0 amide bonds. The van der Waals surface area contributed by atoms with Gasteiger partial charge in [-0.3, -0.25) is 9.97 Å². The van der Waals surface area contributed by atoms with Crippen molar-refractivity contribution >= 4 is 10.9 Å². The summed E-state index contributed by atoms with van der Waals surface area (Å²) in [6, 6.07) is 14.0. The number of hydrogen-bond acceptors (Lipinski definition) is 3. The van der Waals surface area contributed by atoms with E-state index < -0.39 is 0 Å². The first-order chi connectivity index (χ1) is 11.3. The summed E-state index contributed by atoms with van der Waals surface area (Å²) >= 11 is 0. The fourth-order valence-corrected chi connectivity index (χ4v) is 3.63. The number of aromatic nitrogens is 2. The van der Waals surface area contributed by atoms with E-state index in [0.29, 0.717) is 5.52 Å². The molecule has 2 N–H and O–H groups in total. The van der Waals surface area contributed by atoms with Crippen molar-refractivity contribution in [3.63, 3.8) is 0 Å². The van der Waals surface area contributed by atoms with E-state index in [1.807, 2.05) is 42.6 Å². The highest BCUT2D eigenvalue weighted by Gasteiger charge is 2.32. The Bertz CT molecular complexity index is 813. The van der Waals surface area contributed by atoms with Gasteiger partial charge in [-0.1, -0.05) is 18.2 Å². The predicted octanol–water partition coefficient (Wildman–Crippen LogP) is 2.10. The number of quaternary nitrogens is 1. The minimum absolute atomic E-state index is 0.0603. The van der Waals surface area contributed by atoms with Gasteiger partial charge >= 0.3 is 0 Å². The van der Waals surface area contributed by atoms with Crippen molar-refractivity contribution < 1.29 is 10.0 Å². The fourth-order valence-electron chi connectivity index (χ4n) is 3.63. The molecule has 0 bridgehead atoms. The van der Waals surface area contributed by atoms with Crippen molar-refractivity contribution in [1.82, 2.24) is 9.97 Å². The minimum atomic E-state index is 0.0603. The van der Waals surface area contributed by atoms with Gasteiger partial charge in [0.05, 0.1) is 18.7 Å². The quantitative estimate of drug-likeness (QED) is 0.779. The summed E-state index contributed by atoms with van der Waals surface area (Å²) in [6.45, 7) is 2.22. The van der Waals surface area contributed by atoms with E-state index in [1.165, 1.54) is 17.7 Å².